The number of thioether (sulfide) groups is 1. The molecule has 0 bridgehead atoms. The summed E-state index contributed by atoms with van der Waals surface area (Å²) in [7, 11) is 1.79. The SMILES string of the molecule is CN(C(=O)CSc1nncn1CCc1cccs1)c1ccccc1. The van der Waals surface area contributed by atoms with Crippen LogP contribution in [0.2, 0.25) is 0 Å². The van der Waals surface area contributed by atoms with E-state index >= 15 is 0 Å². The number of benzene rings is 1. The van der Waals surface area contributed by atoms with Gasteiger partial charge in [0.25, 0.3) is 0 Å². The number of carbonyl (C=O) groups excluding carboxylic acids is 1. The fourth-order valence-electron chi connectivity index (χ4n) is 2.21. The zero-order chi connectivity index (χ0) is 16.8. The molecule has 0 aliphatic heterocycles. The normalized spacial score (nSPS) is 10.7. The van der Waals surface area contributed by atoms with Gasteiger partial charge in [-0.3, -0.25) is 4.79 Å². The minimum Gasteiger partial charge on any atom is -0.315 e. The Bertz CT molecular complexity index is 771. The summed E-state index contributed by atoms with van der Waals surface area (Å²) in [6, 6.07) is 13.8. The first-order valence-electron chi connectivity index (χ1n) is 7.58. The summed E-state index contributed by atoms with van der Waals surface area (Å²) in [4.78, 5) is 15.3. The number of anilines is 1. The smallest absolute Gasteiger partial charge is 0.237 e. The highest BCUT2D eigenvalue weighted by Gasteiger charge is 2.13. The number of aryl methyl sites for hydroxylation is 2. The van der Waals surface area contributed by atoms with Gasteiger partial charge in [-0.2, -0.15) is 0 Å². The van der Waals surface area contributed by atoms with Crippen LogP contribution in [0, 0.1) is 0 Å². The lowest BCUT2D eigenvalue weighted by molar-refractivity contribution is -0.115. The molecule has 0 aliphatic rings. The van der Waals surface area contributed by atoms with Crippen molar-refractivity contribution in [3.05, 3.63) is 59.0 Å². The lowest BCUT2D eigenvalue weighted by Crippen LogP contribution is -2.27. The maximum atomic E-state index is 12.3. The molecule has 0 radical (unpaired) electrons. The third-order valence-electron chi connectivity index (χ3n) is 3.60. The summed E-state index contributed by atoms with van der Waals surface area (Å²) in [6.07, 6.45) is 2.67. The molecule has 1 aromatic carbocycles. The number of hydrogen-bond acceptors (Lipinski definition) is 5. The quantitative estimate of drug-likeness (QED) is 0.608. The molecule has 124 valence electrons. The van der Waals surface area contributed by atoms with Crippen LogP contribution in [0.3, 0.4) is 0 Å². The molecular weight excluding hydrogens is 340 g/mol. The minimum atomic E-state index is 0.0407. The Morgan fingerprint density at radius 1 is 1.25 bits per heavy atom. The second kappa shape index (κ2) is 8.12. The lowest BCUT2D eigenvalue weighted by Gasteiger charge is -2.16. The topological polar surface area (TPSA) is 51.0 Å². The van der Waals surface area contributed by atoms with Gasteiger partial charge in [-0.25, -0.2) is 0 Å². The molecule has 0 N–H and O–H groups in total. The van der Waals surface area contributed by atoms with Gasteiger partial charge >= 0.3 is 0 Å². The monoisotopic (exact) mass is 358 g/mol. The summed E-state index contributed by atoms with van der Waals surface area (Å²) >= 11 is 3.17. The molecule has 0 fully saturated rings. The molecule has 3 aromatic rings. The zero-order valence-corrected chi connectivity index (χ0v) is 15.0. The number of thiophene rings is 1. The number of hydrogen-bond donors (Lipinski definition) is 0. The highest BCUT2D eigenvalue weighted by atomic mass is 32.2. The van der Waals surface area contributed by atoms with Crippen LogP contribution in [0.4, 0.5) is 5.69 Å². The molecule has 5 nitrogen and oxygen atoms in total. The van der Waals surface area contributed by atoms with Crippen LogP contribution < -0.4 is 4.90 Å². The largest absolute Gasteiger partial charge is 0.315 e. The average molecular weight is 358 g/mol. The first-order valence-corrected chi connectivity index (χ1v) is 9.45. The van der Waals surface area contributed by atoms with Crippen molar-refractivity contribution in [2.45, 2.75) is 18.1 Å². The predicted molar refractivity (Wildman–Crippen MR) is 98.6 cm³/mol. The Labute approximate surface area is 149 Å². The van der Waals surface area contributed by atoms with E-state index in [9.17, 15) is 4.79 Å². The van der Waals surface area contributed by atoms with E-state index in [0.717, 1.165) is 23.8 Å². The predicted octanol–water partition coefficient (Wildman–Crippen LogP) is 3.34. The molecule has 0 saturated carbocycles. The highest BCUT2D eigenvalue weighted by molar-refractivity contribution is 7.99. The Kier molecular flexibility index (Phi) is 5.66. The number of aromatic nitrogens is 3. The van der Waals surface area contributed by atoms with Gasteiger partial charge in [0, 0.05) is 24.2 Å². The summed E-state index contributed by atoms with van der Waals surface area (Å²) in [5.41, 5.74) is 0.891. The average Bonchev–Trinajstić information content (AvgIpc) is 3.29. The van der Waals surface area contributed by atoms with Crippen LogP contribution in [0.25, 0.3) is 0 Å². The molecule has 24 heavy (non-hydrogen) atoms. The fraction of sp³-hybridized carbons (Fsp3) is 0.235. The van der Waals surface area contributed by atoms with Crippen molar-refractivity contribution in [2.75, 3.05) is 17.7 Å². The maximum absolute atomic E-state index is 12.3. The number of rotatable bonds is 7. The fourth-order valence-corrected chi connectivity index (χ4v) is 3.77. The second-order valence-electron chi connectivity index (χ2n) is 5.21. The Morgan fingerprint density at radius 3 is 2.83 bits per heavy atom. The zero-order valence-electron chi connectivity index (χ0n) is 13.3. The Balaban J connectivity index is 1.55. The molecule has 0 unspecified atom stereocenters. The van der Waals surface area contributed by atoms with Gasteiger partial charge in [0.05, 0.1) is 5.75 Å². The van der Waals surface area contributed by atoms with E-state index in [2.05, 4.69) is 27.7 Å². The van der Waals surface area contributed by atoms with Crippen molar-refractivity contribution in [1.29, 1.82) is 0 Å². The standard InChI is InChI=1S/C17H18N4OS2/c1-20(14-6-3-2-4-7-14)16(22)12-24-17-19-18-13-21(17)10-9-15-8-5-11-23-15/h2-8,11,13H,9-10,12H2,1H3. The van der Waals surface area contributed by atoms with Crippen LogP contribution in [-0.2, 0) is 17.8 Å². The Morgan fingerprint density at radius 2 is 2.08 bits per heavy atom. The molecule has 0 saturated heterocycles. The Hall–Kier alpha value is -2.12. The van der Waals surface area contributed by atoms with E-state index in [4.69, 9.17) is 0 Å². The van der Waals surface area contributed by atoms with Crippen LogP contribution in [0.1, 0.15) is 4.88 Å². The van der Waals surface area contributed by atoms with Gasteiger partial charge in [-0.15, -0.1) is 21.5 Å². The molecule has 3 rings (SSSR count). The third-order valence-corrected chi connectivity index (χ3v) is 5.50. The summed E-state index contributed by atoms with van der Waals surface area (Å²) in [6.45, 7) is 0.818. The van der Waals surface area contributed by atoms with Crippen LogP contribution >= 0.6 is 23.1 Å². The van der Waals surface area contributed by atoms with E-state index in [1.54, 1.807) is 29.6 Å². The molecule has 0 aliphatic carbocycles. The summed E-state index contributed by atoms with van der Waals surface area (Å²) in [5, 5.41) is 11.0. The summed E-state index contributed by atoms with van der Waals surface area (Å²) in [5.74, 6) is 0.377. The third kappa shape index (κ3) is 4.24. The molecule has 0 spiro atoms. The number of nitrogens with zero attached hydrogens (tertiary/aromatic N) is 4. The van der Waals surface area contributed by atoms with Crippen molar-refractivity contribution in [3.8, 4) is 0 Å². The van der Waals surface area contributed by atoms with Crippen LogP contribution in [0.5, 0.6) is 0 Å². The van der Waals surface area contributed by atoms with Crippen molar-refractivity contribution < 1.29 is 4.79 Å². The van der Waals surface area contributed by atoms with Gasteiger partial charge in [0.15, 0.2) is 5.16 Å². The number of amides is 1. The molecule has 2 heterocycles. The van der Waals surface area contributed by atoms with E-state index < -0.39 is 0 Å². The first-order chi connectivity index (χ1) is 11.7. The van der Waals surface area contributed by atoms with Crippen molar-refractivity contribution in [3.63, 3.8) is 0 Å². The first kappa shape index (κ1) is 16.7. The van der Waals surface area contributed by atoms with Crippen molar-refractivity contribution >= 4 is 34.7 Å². The van der Waals surface area contributed by atoms with Crippen molar-refractivity contribution in [2.24, 2.45) is 0 Å². The highest BCUT2D eigenvalue weighted by Crippen LogP contribution is 2.19. The second-order valence-corrected chi connectivity index (χ2v) is 7.19. The van der Waals surface area contributed by atoms with Crippen LogP contribution in [0.15, 0.2) is 59.3 Å². The maximum Gasteiger partial charge on any atom is 0.237 e. The lowest BCUT2D eigenvalue weighted by atomic mass is 10.3. The number of carbonyl (C=O) groups is 1. The van der Waals surface area contributed by atoms with E-state index in [1.165, 1.54) is 16.6 Å². The molecule has 2 aromatic heterocycles. The van der Waals surface area contributed by atoms with E-state index in [-0.39, 0.29) is 5.91 Å². The van der Waals surface area contributed by atoms with Gasteiger partial charge in [0.2, 0.25) is 5.91 Å². The molecule has 0 atom stereocenters. The van der Waals surface area contributed by atoms with Gasteiger partial charge in [-0.1, -0.05) is 36.0 Å². The number of para-hydroxylation sites is 1. The van der Waals surface area contributed by atoms with Gasteiger partial charge < -0.3 is 9.47 Å². The van der Waals surface area contributed by atoms with Gasteiger partial charge in [0.1, 0.15) is 6.33 Å². The molecule has 7 heteroatoms. The summed E-state index contributed by atoms with van der Waals surface area (Å²) < 4.78 is 2.00. The van der Waals surface area contributed by atoms with E-state index in [1.807, 2.05) is 34.9 Å². The van der Waals surface area contributed by atoms with Gasteiger partial charge in [-0.05, 0) is 30.0 Å². The molecular formula is C17H18N4OS2. The van der Waals surface area contributed by atoms with Crippen LogP contribution in [-0.4, -0.2) is 33.5 Å². The molecule has 1 amide bonds. The van der Waals surface area contributed by atoms with Crippen molar-refractivity contribution in [1.82, 2.24) is 14.8 Å². The minimum absolute atomic E-state index is 0.0407. The van der Waals surface area contributed by atoms with E-state index in [0.29, 0.717) is 5.75 Å².